The van der Waals surface area contributed by atoms with Crippen LogP contribution in [0.2, 0.25) is 0 Å². The van der Waals surface area contributed by atoms with E-state index in [0.717, 1.165) is 0 Å². The number of nitrogens with zero attached hydrogens (tertiary/aromatic N) is 1. The first kappa shape index (κ1) is 6.56. The number of nitrogens with one attached hydrogen (secondary N) is 2. The molecule has 0 atom stereocenters. The monoisotopic (exact) mass is 121 g/mol. The van der Waals surface area contributed by atoms with Gasteiger partial charge in [-0.1, -0.05) is 0 Å². The van der Waals surface area contributed by atoms with Crippen LogP contribution < -0.4 is 10.2 Å². The molecule has 0 saturated heterocycles. The average Bonchev–Trinajstić information content (AvgIpc) is 1.72. The molecule has 0 rings (SSSR count). The standard InChI is InChI=1S/C3H8ClN3/c1-5-3(6-2)7-4/h1-2H3,(H2,5,6,7). The van der Waals surface area contributed by atoms with E-state index in [-0.39, 0.29) is 0 Å². The zero-order chi connectivity index (χ0) is 5.70. The van der Waals surface area contributed by atoms with Crippen molar-refractivity contribution in [3.05, 3.63) is 0 Å². The minimum Gasteiger partial charge on any atom is -0.358 e. The molecular weight excluding hydrogens is 114 g/mol. The molecule has 0 aliphatic carbocycles. The van der Waals surface area contributed by atoms with Crippen LogP contribution in [0.25, 0.3) is 0 Å². The van der Waals surface area contributed by atoms with E-state index in [4.69, 9.17) is 11.8 Å². The van der Waals surface area contributed by atoms with Crippen molar-refractivity contribution in [3.8, 4) is 0 Å². The van der Waals surface area contributed by atoms with Gasteiger partial charge in [-0.25, -0.2) is 0 Å². The Labute approximate surface area is 47.9 Å². The van der Waals surface area contributed by atoms with Gasteiger partial charge in [-0.2, -0.15) is 0 Å². The molecule has 0 amide bonds. The third-order valence-electron chi connectivity index (χ3n) is 0.550. The van der Waals surface area contributed by atoms with Crippen LogP contribution in [0.3, 0.4) is 0 Å². The molecular formula is C3H8ClN3. The molecule has 0 fully saturated rings. The van der Waals surface area contributed by atoms with E-state index in [0.29, 0.717) is 5.96 Å². The Morgan fingerprint density at radius 1 is 1.71 bits per heavy atom. The summed E-state index contributed by atoms with van der Waals surface area (Å²) in [4.78, 5) is 6.00. The van der Waals surface area contributed by atoms with Gasteiger partial charge in [0, 0.05) is 25.9 Å². The summed E-state index contributed by atoms with van der Waals surface area (Å²) in [6, 6.07) is 0. The van der Waals surface area contributed by atoms with Crippen LogP contribution in [0.15, 0.2) is 4.99 Å². The van der Waals surface area contributed by atoms with E-state index in [1.165, 1.54) is 0 Å². The van der Waals surface area contributed by atoms with Crippen LogP contribution in [0.1, 0.15) is 0 Å². The maximum atomic E-state index is 5.12. The minimum absolute atomic E-state index is 0.571. The molecule has 0 saturated carbocycles. The summed E-state index contributed by atoms with van der Waals surface area (Å²) in [5.74, 6) is 0.571. The maximum absolute atomic E-state index is 5.12. The zero-order valence-corrected chi connectivity index (χ0v) is 5.08. The zero-order valence-electron chi connectivity index (χ0n) is 4.33. The van der Waals surface area contributed by atoms with Crippen molar-refractivity contribution in [2.24, 2.45) is 4.99 Å². The Hall–Kier alpha value is -0.440. The van der Waals surface area contributed by atoms with E-state index in [2.05, 4.69) is 15.1 Å². The first-order chi connectivity index (χ1) is 3.35. The van der Waals surface area contributed by atoms with Gasteiger partial charge in [0.25, 0.3) is 0 Å². The lowest BCUT2D eigenvalue weighted by Crippen LogP contribution is -2.27. The van der Waals surface area contributed by atoms with Crippen molar-refractivity contribution < 1.29 is 0 Å². The fourth-order valence-electron chi connectivity index (χ4n) is 0.201. The molecule has 42 valence electrons. The van der Waals surface area contributed by atoms with Crippen LogP contribution in [0.5, 0.6) is 0 Å². The van der Waals surface area contributed by atoms with Gasteiger partial charge in [-0.3, -0.25) is 9.83 Å². The van der Waals surface area contributed by atoms with Gasteiger partial charge in [0.15, 0.2) is 0 Å². The second-order valence-corrected chi connectivity index (χ2v) is 1.11. The topological polar surface area (TPSA) is 36.4 Å². The van der Waals surface area contributed by atoms with Gasteiger partial charge >= 0.3 is 0 Å². The molecule has 0 aliphatic heterocycles. The molecule has 0 aromatic rings. The van der Waals surface area contributed by atoms with Crippen LogP contribution in [0.4, 0.5) is 0 Å². The molecule has 0 unspecified atom stereocenters. The minimum atomic E-state index is 0.571. The first-order valence-electron chi connectivity index (χ1n) is 1.86. The number of guanidine groups is 1. The number of hydrogen-bond donors (Lipinski definition) is 2. The Morgan fingerprint density at radius 3 is 2.29 bits per heavy atom. The van der Waals surface area contributed by atoms with E-state index in [9.17, 15) is 0 Å². The smallest absolute Gasteiger partial charge is 0.205 e. The van der Waals surface area contributed by atoms with E-state index < -0.39 is 0 Å². The quantitative estimate of drug-likeness (QED) is 0.268. The van der Waals surface area contributed by atoms with Crippen molar-refractivity contribution in [1.29, 1.82) is 0 Å². The Morgan fingerprint density at radius 2 is 2.29 bits per heavy atom. The molecule has 0 bridgehead atoms. The Kier molecular flexibility index (Phi) is 3.50. The normalized spacial score (nSPS) is 11.0. The van der Waals surface area contributed by atoms with Crippen LogP contribution in [0, 0.1) is 0 Å². The van der Waals surface area contributed by atoms with Gasteiger partial charge in [0.1, 0.15) is 0 Å². The lowest BCUT2D eigenvalue weighted by Gasteiger charge is -1.96. The maximum Gasteiger partial charge on any atom is 0.205 e. The first-order valence-corrected chi connectivity index (χ1v) is 2.24. The summed E-state index contributed by atoms with van der Waals surface area (Å²) in [7, 11) is 3.37. The third-order valence-corrected chi connectivity index (χ3v) is 0.729. The highest BCUT2D eigenvalue weighted by Gasteiger charge is 1.81. The largest absolute Gasteiger partial charge is 0.358 e. The van der Waals surface area contributed by atoms with Gasteiger partial charge < -0.3 is 5.32 Å². The van der Waals surface area contributed by atoms with Crippen molar-refractivity contribution in [3.63, 3.8) is 0 Å². The summed E-state index contributed by atoms with van der Waals surface area (Å²) in [5, 5.41) is 2.71. The highest BCUT2D eigenvalue weighted by molar-refractivity contribution is 6.21. The molecule has 0 radical (unpaired) electrons. The average molecular weight is 122 g/mol. The molecule has 4 heteroatoms. The fourth-order valence-corrected chi connectivity index (χ4v) is 0.380. The third kappa shape index (κ3) is 2.28. The number of aliphatic imine (C=N–C) groups is 1. The summed E-state index contributed by atoms with van der Waals surface area (Å²) < 4.78 is 0. The van der Waals surface area contributed by atoms with Crippen LogP contribution in [-0.2, 0) is 0 Å². The summed E-state index contributed by atoms with van der Waals surface area (Å²) in [6.07, 6.45) is 0. The predicted molar refractivity (Wildman–Crippen MR) is 31.4 cm³/mol. The summed E-state index contributed by atoms with van der Waals surface area (Å²) in [6.45, 7) is 0. The number of halogens is 1. The molecule has 0 heterocycles. The van der Waals surface area contributed by atoms with Gasteiger partial charge in [0.05, 0.1) is 0 Å². The Balaban J connectivity index is 3.38. The molecule has 0 spiro atoms. The van der Waals surface area contributed by atoms with Gasteiger partial charge in [-0.15, -0.1) is 0 Å². The molecule has 0 aromatic carbocycles. The molecule has 3 nitrogen and oxygen atoms in total. The molecule has 0 aromatic heterocycles. The molecule has 2 N–H and O–H groups in total. The van der Waals surface area contributed by atoms with Crippen LogP contribution in [-0.4, -0.2) is 20.1 Å². The van der Waals surface area contributed by atoms with Gasteiger partial charge in [0.2, 0.25) is 5.96 Å². The van der Waals surface area contributed by atoms with E-state index in [1.54, 1.807) is 14.1 Å². The number of hydrogen-bond acceptors (Lipinski definition) is 1. The van der Waals surface area contributed by atoms with E-state index >= 15 is 0 Å². The van der Waals surface area contributed by atoms with Crippen molar-refractivity contribution in [1.82, 2.24) is 10.2 Å². The Bertz CT molecular complexity index is 64.6. The molecule has 7 heavy (non-hydrogen) atoms. The lowest BCUT2D eigenvalue weighted by molar-refractivity contribution is 1.09. The second kappa shape index (κ2) is 3.74. The van der Waals surface area contributed by atoms with Crippen molar-refractivity contribution >= 4 is 17.7 Å². The predicted octanol–water partition coefficient (Wildman–Crippen LogP) is -0.0650. The highest BCUT2D eigenvalue weighted by atomic mass is 35.5. The summed E-state index contributed by atoms with van der Waals surface area (Å²) in [5.41, 5.74) is 0. The number of rotatable bonds is 0. The van der Waals surface area contributed by atoms with Crippen molar-refractivity contribution in [2.75, 3.05) is 14.1 Å². The van der Waals surface area contributed by atoms with Crippen molar-refractivity contribution in [2.45, 2.75) is 0 Å². The lowest BCUT2D eigenvalue weighted by atomic mass is 11.0. The van der Waals surface area contributed by atoms with Gasteiger partial charge in [-0.05, 0) is 0 Å². The molecule has 0 aliphatic rings. The second-order valence-electron chi connectivity index (χ2n) is 0.917. The van der Waals surface area contributed by atoms with E-state index in [1.807, 2.05) is 0 Å². The van der Waals surface area contributed by atoms with Crippen LogP contribution >= 0.6 is 11.8 Å². The summed E-state index contributed by atoms with van der Waals surface area (Å²) >= 11 is 5.12. The fraction of sp³-hybridized carbons (Fsp3) is 0.667. The highest BCUT2D eigenvalue weighted by Crippen LogP contribution is 1.63. The SMILES string of the molecule is CN=C(NC)NCl.